The quantitative estimate of drug-likeness (QED) is 0.298. The maximum Gasteiger partial charge on any atom is 0.433 e. The van der Waals surface area contributed by atoms with Crippen LogP contribution in [0, 0.1) is 27.4 Å². The molecular weight excluding hydrogens is 477 g/mol. The summed E-state index contributed by atoms with van der Waals surface area (Å²) in [6.07, 6.45) is -4.64. The van der Waals surface area contributed by atoms with Crippen LogP contribution < -0.4 is 10.1 Å². The molecule has 0 aliphatic carbocycles. The third-order valence-electron chi connectivity index (χ3n) is 4.92. The summed E-state index contributed by atoms with van der Waals surface area (Å²) in [5.74, 6) is 0.144. The van der Waals surface area contributed by atoms with Crippen LogP contribution in [0.25, 0.3) is 11.3 Å². The summed E-state index contributed by atoms with van der Waals surface area (Å²) in [6.45, 7) is 9.45. The van der Waals surface area contributed by atoms with Gasteiger partial charge in [0, 0.05) is 11.6 Å². The molecule has 0 saturated heterocycles. The highest BCUT2D eigenvalue weighted by Gasteiger charge is 2.33. The van der Waals surface area contributed by atoms with Crippen LogP contribution in [-0.4, -0.2) is 26.3 Å². The molecule has 36 heavy (non-hydrogen) atoms. The largest absolute Gasteiger partial charge is 0.487 e. The highest BCUT2D eigenvalue weighted by Crippen LogP contribution is 2.38. The Morgan fingerprint density at radius 1 is 1.22 bits per heavy atom. The van der Waals surface area contributed by atoms with Gasteiger partial charge in [-0.3, -0.25) is 10.1 Å². The molecule has 3 rings (SSSR count). The van der Waals surface area contributed by atoms with Crippen LogP contribution in [0.3, 0.4) is 0 Å². The predicted molar refractivity (Wildman–Crippen MR) is 127 cm³/mol. The van der Waals surface area contributed by atoms with Crippen molar-refractivity contribution in [3.63, 3.8) is 0 Å². The number of nitrogens with zero attached hydrogens (tertiary/aromatic N) is 5. The van der Waals surface area contributed by atoms with Crippen molar-refractivity contribution in [2.75, 3.05) is 11.9 Å². The van der Waals surface area contributed by atoms with E-state index in [0.29, 0.717) is 5.56 Å². The monoisotopic (exact) mass is 502 g/mol. The molecule has 0 saturated carbocycles. The van der Waals surface area contributed by atoms with E-state index in [1.165, 1.54) is 35.0 Å². The van der Waals surface area contributed by atoms with Crippen molar-refractivity contribution in [1.82, 2.24) is 14.8 Å². The number of aromatic nitrogens is 3. The van der Waals surface area contributed by atoms with Crippen molar-refractivity contribution in [1.29, 1.82) is 5.26 Å². The van der Waals surface area contributed by atoms with Crippen molar-refractivity contribution >= 4 is 17.3 Å². The first-order valence-corrected chi connectivity index (χ1v) is 11.0. The lowest BCUT2D eigenvalue weighted by molar-refractivity contribution is -0.385. The number of pyridine rings is 1. The van der Waals surface area contributed by atoms with Gasteiger partial charge in [0.05, 0.1) is 17.1 Å². The number of nitrogens with one attached hydrogen (secondary N) is 1. The van der Waals surface area contributed by atoms with Gasteiger partial charge in [0.2, 0.25) is 0 Å². The molecule has 3 aromatic rings. The first-order valence-electron chi connectivity index (χ1n) is 11.0. The van der Waals surface area contributed by atoms with Gasteiger partial charge in [-0.2, -0.15) is 23.5 Å². The Labute approximate surface area is 205 Å². The maximum atomic E-state index is 13.2. The molecule has 0 radical (unpaired) electrons. The Morgan fingerprint density at radius 2 is 1.92 bits per heavy atom. The fourth-order valence-corrected chi connectivity index (χ4v) is 3.29. The number of anilines is 2. The van der Waals surface area contributed by atoms with E-state index in [-0.39, 0.29) is 46.9 Å². The molecule has 0 spiro atoms. The van der Waals surface area contributed by atoms with Crippen LogP contribution in [0.4, 0.5) is 30.5 Å². The van der Waals surface area contributed by atoms with Gasteiger partial charge < -0.3 is 10.1 Å². The second kappa shape index (κ2) is 9.85. The molecule has 0 aliphatic heterocycles. The van der Waals surface area contributed by atoms with E-state index < -0.39 is 22.3 Å². The Morgan fingerprint density at radius 3 is 2.47 bits per heavy atom. The molecule has 1 N–H and O–H groups in total. The van der Waals surface area contributed by atoms with Crippen LogP contribution in [0.5, 0.6) is 5.75 Å². The highest BCUT2D eigenvalue weighted by atomic mass is 19.4. The molecule has 9 nitrogen and oxygen atoms in total. The molecule has 190 valence electrons. The van der Waals surface area contributed by atoms with Crippen LogP contribution in [0.2, 0.25) is 0 Å². The van der Waals surface area contributed by atoms with Crippen molar-refractivity contribution in [3.8, 4) is 23.1 Å². The average Bonchev–Trinajstić information content (AvgIpc) is 3.15. The summed E-state index contributed by atoms with van der Waals surface area (Å²) in [6, 6.07) is 9.60. The lowest BCUT2D eigenvalue weighted by Gasteiger charge is -2.22. The fourth-order valence-electron chi connectivity index (χ4n) is 3.29. The zero-order chi connectivity index (χ0) is 26.8. The van der Waals surface area contributed by atoms with Gasteiger partial charge in [0.1, 0.15) is 34.7 Å². The topological polar surface area (TPSA) is 119 Å². The molecule has 0 amide bonds. The number of hydrogen-bond donors (Lipinski definition) is 1. The smallest absolute Gasteiger partial charge is 0.433 e. The Balaban J connectivity index is 2.17. The summed E-state index contributed by atoms with van der Waals surface area (Å²) < 4.78 is 46.6. The zero-order valence-corrected chi connectivity index (χ0v) is 20.3. The molecular formula is C24H25F3N6O3. The van der Waals surface area contributed by atoms with Crippen molar-refractivity contribution in [3.05, 3.63) is 57.8 Å². The standard InChI is InChI=1S/C24H25F3N6O3/c1-14(2)13-36-18-11-15(9-10-17(18)33(34)35)21-16(12-28)22(32(31-21)23(3,4)5)30-20-8-6-7-19(29-20)24(25,26)27/h6-11,14H,13H2,1-5H3,(H,29,30). The first kappa shape index (κ1) is 26.5. The maximum absolute atomic E-state index is 13.2. The third kappa shape index (κ3) is 5.73. The van der Waals surface area contributed by atoms with Gasteiger partial charge in [0.15, 0.2) is 5.75 Å². The van der Waals surface area contributed by atoms with E-state index in [1.54, 1.807) is 0 Å². The molecule has 12 heteroatoms. The lowest BCUT2D eigenvalue weighted by atomic mass is 10.1. The predicted octanol–water partition coefficient (Wildman–Crippen LogP) is 6.28. The normalized spacial score (nSPS) is 11.9. The third-order valence-corrected chi connectivity index (χ3v) is 4.92. The second-order valence-electron chi connectivity index (χ2n) is 9.44. The summed E-state index contributed by atoms with van der Waals surface area (Å²) in [4.78, 5) is 14.5. The Bertz CT molecular complexity index is 1320. The molecule has 0 fully saturated rings. The van der Waals surface area contributed by atoms with E-state index in [9.17, 15) is 28.5 Å². The highest BCUT2D eigenvalue weighted by molar-refractivity contribution is 5.77. The van der Waals surface area contributed by atoms with Crippen LogP contribution >= 0.6 is 0 Å². The zero-order valence-electron chi connectivity index (χ0n) is 20.3. The van der Waals surface area contributed by atoms with Gasteiger partial charge in [-0.25, -0.2) is 9.67 Å². The van der Waals surface area contributed by atoms with Gasteiger partial charge in [-0.1, -0.05) is 19.9 Å². The van der Waals surface area contributed by atoms with E-state index in [4.69, 9.17) is 4.74 Å². The summed E-state index contributed by atoms with van der Waals surface area (Å²) in [5, 5.41) is 28.9. The Kier molecular flexibility index (Phi) is 7.24. The van der Waals surface area contributed by atoms with E-state index in [2.05, 4.69) is 21.5 Å². The summed E-state index contributed by atoms with van der Waals surface area (Å²) >= 11 is 0. The first-order chi connectivity index (χ1) is 16.7. The average molecular weight is 502 g/mol. The van der Waals surface area contributed by atoms with Gasteiger partial charge in [-0.15, -0.1) is 0 Å². The minimum Gasteiger partial charge on any atom is -0.487 e. The second-order valence-corrected chi connectivity index (χ2v) is 9.44. The van der Waals surface area contributed by atoms with Crippen LogP contribution in [-0.2, 0) is 11.7 Å². The fraction of sp³-hybridized carbons (Fsp3) is 0.375. The number of nitro groups is 1. The van der Waals surface area contributed by atoms with Crippen molar-refractivity contribution < 1.29 is 22.8 Å². The van der Waals surface area contributed by atoms with Gasteiger partial charge >= 0.3 is 11.9 Å². The number of benzene rings is 1. The van der Waals surface area contributed by atoms with Crippen molar-refractivity contribution in [2.45, 2.75) is 46.3 Å². The molecule has 2 heterocycles. The lowest BCUT2D eigenvalue weighted by Crippen LogP contribution is -2.25. The SMILES string of the molecule is CC(C)COc1cc(-c2nn(C(C)(C)C)c(Nc3cccc(C(F)(F)F)n3)c2C#N)ccc1[N+](=O)[O-]. The number of halogens is 3. The molecule has 1 aromatic carbocycles. The van der Waals surface area contributed by atoms with Gasteiger partial charge in [0.25, 0.3) is 0 Å². The van der Waals surface area contributed by atoms with E-state index in [1.807, 2.05) is 34.6 Å². The number of rotatable bonds is 7. The molecule has 0 bridgehead atoms. The molecule has 0 unspecified atom stereocenters. The van der Waals surface area contributed by atoms with E-state index >= 15 is 0 Å². The Hall–Kier alpha value is -4.14. The number of alkyl halides is 3. The summed E-state index contributed by atoms with van der Waals surface area (Å²) in [5.41, 5.74) is -1.42. The van der Waals surface area contributed by atoms with Gasteiger partial charge in [-0.05, 0) is 51.0 Å². The molecule has 0 aliphatic rings. The van der Waals surface area contributed by atoms with Crippen LogP contribution in [0.1, 0.15) is 45.9 Å². The molecule has 2 aromatic heterocycles. The van der Waals surface area contributed by atoms with E-state index in [0.717, 1.165) is 6.07 Å². The molecule has 0 atom stereocenters. The summed E-state index contributed by atoms with van der Waals surface area (Å²) in [7, 11) is 0. The van der Waals surface area contributed by atoms with Crippen LogP contribution in [0.15, 0.2) is 36.4 Å². The number of nitro benzene ring substituents is 1. The number of nitriles is 1. The minimum absolute atomic E-state index is 0.0226. The minimum atomic E-state index is -4.64. The van der Waals surface area contributed by atoms with Crippen molar-refractivity contribution in [2.24, 2.45) is 5.92 Å². The number of hydrogen-bond acceptors (Lipinski definition) is 7. The number of ether oxygens (including phenoxy) is 1.